The quantitative estimate of drug-likeness (QED) is 0.694. The van der Waals surface area contributed by atoms with Crippen LogP contribution in [0.2, 0.25) is 0 Å². The van der Waals surface area contributed by atoms with Gasteiger partial charge in [0, 0.05) is 19.1 Å². The van der Waals surface area contributed by atoms with Crippen LogP contribution >= 0.6 is 0 Å². The number of hydrogen-bond acceptors (Lipinski definition) is 4. The fourth-order valence-electron chi connectivity index (χ4n) is 2.52. The van der Waals surface area contributed by atoms with Gasteiger partial charge in [0.05, 0.1) is 17.6 Å². The van der Waals surface area contributed by atoms with E-state index in [9.17, 15) is 13.5 Å². The van der Waals surface area contributed by atoms with Crippen LogP contribution in [0.4, 0.5) is 0 Å². The van der Waals surface area contributed by atoms with E-state index in [1.54, 1.807) is 0 Å². The van der Waals surface area contributed by atoms with Crippen molar-refractivity contribution in [1.82, 2.24) is 4.90 Å². The van der Waals surface area contributed by atoms with E-state index in [4.69, 9.17) is 0 Å². The molecule has 1 aliphatic carbocycles. The van der Waals surface area contributed by atoms with Crippen molar-refractivity contribution in [3.63, 3.8) is 0 Å². The Morgan fingerprint density at radius 3 is 2.07 bits per heavy atom. The second-order valence-corrected chi connectivity index (χ2v) is 6.95. The molecule has 15 heavy (non-hydrogen) atoms. The molecule has 0 unspecified atom stereocenters. The average molecular weight is 233 g/mol. The van der Waals surface area contributed by atoms with Crippen LogP contribution in [0.15, 0.2) is 0 Å². The Kier molecular flexibility index (Phi) is 3.33. The van der Waals surface area contributed by atoms with Crippen molar-refractivity contribution in [3.05, 3.63) is 0 Å². The number of aliphatic hydroxyl groups excluding tert-OH is 1. The second-order valence-electron chi connectivity index (χ2n) is 4.65. The number of hydrogen-bond donors (Lipinski definition) is 1. The fourth-order valence-corrected chi connectivity index (χ4v) is 3.74. The Balaban J connectivity index is 1.86. The van der Waals surface area contributed by atoms with E-state index in [1.165, 1.54) is 0 Å². The summed E-state index contributed by atoms with van der Waals surface area (Å²) in [5.41, 5.74) is 0. The normalized spacial score (nSPS) is 37.7. The van der Waals surface area contributed by atoms with Crippen LogP contribution in [-0.2, 0) is 9.84 Å². The third kappa shape index (κ3) is 2.92. The molecule has 0 spiro atoms. The van der Waals surface area contributed by atoms with Crippen LogP contribution in [0, 0.1) is 0 Å². The average Bonchev–Trinajstić information content (AvgIpc) is 2.20. The van der Waals surface area contributed by atoms with E-state index in [2.05, 4.69) is 4.90 Å². The minimum absolute atomic E-state index is 0.130. The highest BCUT2D eigenvalue weighted by Gasteiger charge is 2.29. The monoisotopic (exact) mass is 233 g/mol. The first-order chi connectivity index (χ1) is 7.07. The van der Waals surface area contributed by atoms with Gasteiger partial charge in [0.1, 0.15) is 0 Å². The fraction of sp³-hybridized carbons (Fsp3) is 1.00. The van der Waals surface area contributed by atoms with Gasteiger partial charge in [-0.1, -0.05) is 0 Å². The van der Waals surface area contributed by atoms with E-state index in [0.717, 1.165) is 25.7 Å². The number of sulfone groups is 1. The highest BCUT2D eigenvalue weighted by molar-refractivity contribution is 7.91. The lowest BCUT2D eigenvalue weighted by Gasteiger charge is -2.37. The molecule has 0 bridgehead atoms. The summed E-state index contributed by atoms with van der Waals surface area (Å²) in [5.74, 6) is 0.623. The zero-order chi connectivity index (χ0) is 10.9. The topological polar surface area (TPSA) is 57.6 Å². The summed E-state index contributed by atoms with van der Waals surface area (Å²) in [4.78, 5) is 2.28. The van der Waals surface area contributed by atoms with Gasteiger partial charge in [0.2, 0.25) is 0 Å². The molecule has 4 nitrogen and oxygen atoms in total. The number of nitrogens with zero attached hydrogens (tertiary/aromatic N) is 1. The molecule has 1 saturated heterocycles. The van der Waals surface area contributed by atoms with Gasteiger partial charge in [-0.2, -0.15) is 0 Å². The maximum atomic E-state index is 11.3. The maximum Gasteiger partial charge on any atom is 0.152 e. The van der Waals surface area contributed by atoms with Crippen molar-refractivity contribution in [1.29, 1.82) is 0 Å². The number of rotatable bonds is 1. The van der Waals surface area contributed by atoms with Gasteiger partial charge in [-0.05, 0) is 25.7 Å². The molecule has 88 valence electrons. The van der Waals surface area contributed by atoms with Gasteiger partial charge in [0.25, 0.3) is 0 Å². The maximum absolute atomic E-state index is 11.3. The molecular formula is C10H19NO3S. The first kappa shape index (κ1) is 11.4. The van der Waals surface area contributed by atoms with Crippen molar-refractivity contribution in [2.45, 2.75) is 37.8 Å². The molecule has 0 aromatic heterocycles. The second kappa shape index (κ2) is 4.39. The highest BCUT2D eigenvalue weighted by Crippen LogP contribution is 2.24. The zero-order valence-electron chi connectivity index (χ0n) is 8.93. The van der Waals surface area contributed by atoms with Gasteiger partial charge in [-0.15, -0.1) is 0 Å². The van der Waals surface area contributed by atoms with Crippen LogP contribution in [0.25, 0.3) is 0 Å². The molecule has 2 fully saturated rings. The predicted octanol–water partition coefficient (Wildman–Crippen LogP) is 0.0203. The van der Waals surface area contributed by atoms with Crippen LogP contribution in [-0.4, -0.2) is 55.2 Å². The summed E-state index contributed by atoms with van der Waals surface area (Å²) in [7, 11) is -2.76. The molecular weight excluding hydrogens is 214 g/mol. The predicted molar refractivity (Wildman–Crippen MR) is 58.5 cm³/mol. The lowest BCUT2D eigenvalue weighted by molar-refractivity contribution is 0.0774. The molecule has 5 heteroatoms. The van der Waals surface area contributed by atoms with Crippen LogP contribution in [0.5, 0.6) is 0 Å². The molecule has 2 rings (SSSR count). The van der Waals surface area contributed by atoms with Gasteiger partial charge >= 0.3 is 0 Å². The first-order valence-electron chi connectivity index (χ1n) is 5.69. The molecule has 1 heterocycles. The van der Waals surface area contributed by atoms with Crippen LogP contribution < -0.4 is 0 Å². The minimum atomic E-state index is -2.76. The lowest BCUT2D eigenvalue weighted by atomic mass is 9.92. The largest absolute Gasteiger partial charge is 0.393 e. The smallest absolute Gasteiger partial charge is 0.152 e. The highest BCUT2D eigenvalue weighted by atomic mass is 32.2. The molecule has 2 aliphatic rings. The summed E-state index contributed by atoms with van der Waals surface area (Å²) in [5, 5.41) is 9.39. The molecule has 1 saturated carbocycles. The van der Waals surface area contributed by atoms with Gasteiger partial charge in [-0.3, -0.25) is 4.90 Å². The van der Waals surface area contributed by atoms with E-state index in [-0.39, 0.29) is 6.10 Å². The van der Waals surface area contributed by atoms with Crippen LogP contribution in [0.1, 0.15) is 25.7 Å². The van der Waals surface area contributed by atoms with Crippen molar-refractivity contribution in [3.8, 4) is 0 Å². The molecule has 0 aromatic rings. The van der Waals surface area contributed by atoms with E-state index < -0.39 is 9.84 Å². The first-order valence-corrected chi connectivity index (χ1v) is 7.51. The van der Waals surface area contributed by atoms with Crippen molar-refractivity contribution in [2.24, 2.45) is 0 Å². The molecule has 0 radical (unpaired) electrons. The van der Waals surface area contributed by atoms with Crippen LogP contribution in [0.3, 0.4) is 0 Å². The Hall–Kier alpha value is -0.130. The van der Waals surface area contributed by atoms with Crippen molar-refractivity contribution < 1.29 is 13.5 Å². The van der Waals surface area contributed by atoms with Gasteiger partial charge in [-0.25, -0.2) is 8.42 Å². The molecule has 0 aromatic carbocycles. The Labute approximate surface area is 91.2 Å². The van der Waals surface area contributed by atoms with E-state index in [1.807, 2.05) is 0 Å². The summed E-state index contributed by atoms with van der Waals surface area (Å²) >= 11 is 0. The van der Waals surface area contributed by atoms with Gasteiger partial charge < -0.3 is 5.11 Å². The Bertz CT molecular complexity index is 293. The summed E-state index contributed by atoms with van der Waals surface area (Å²) < 4.78 is 22.5. The van der Waals surface area contributed by atoms with Gasteiger partial charge in [0.15, 0.2) is 9.84 Å². The zero-order valence-corrected chi connectivity index (χ0v) is 9.75. The molecule has 1 N–H and O–H groups in total. The minimum Gasteiger partial charge on any atom is -0.393 e. The Morgan fingerprint density at radius 2 is 1.53 bits per heavy atom. The molecule has 1 aliphatic heterocycles. The lowest BCUT2D eigenvalue weighted by Crippen LogP contribution is -2.47. The summed E-state index contributed by atoms with van der Waals surface area (Å²) in [6.07, 6.45) is 3.64. The standard InChI is InChI=1S/C10H19NO3S/c12-10-3-1-9(2-4-10)11-5-7-15(13,14)8-6-11/h9-10,12H,1-8H2. The molecule has 0 amide bonds. The summed E-state index contributed by atoms with van der Waals surface area (Å²) in [6.45, 7) is 1.37. The Morgan fingerprint density at radius 1 is 1.00 bits per heavy atom. The SMILES string of the molecule is O=S1(=O)CCN(C2CCC(O)CC2)CC1. The van der Waals surface area contributed by atoms with E-state index in [0.29, 0.717) is 30.6 Å². The third-order valence-corrected chi connectivity index (χ3v) is 5.17. The van der Waals surface area contributed by atoms with Crippen molar-refractivity contribution >= 4 is 9.84 Å². The third-order valence-electron chi connectivity index (χ3n) is 3.56. The number of aliphatic hydroxyl groups is 1. The summed E-state index contributed by atoms with van der Waals surface area (Å²) in [6, 6.07) is 0.504. The molecule has 0 atom stereocenters. The van der Waals surface area contributed by atoms with Crippen molar-refractivity contribution in [2.75, 3.05) is 24.6 Å². The van der Waals surface area contributed by atoms with E-state index >= 15 is 0 Å².